The second-order valence-corrected chi connectivity index (χ2v) is 6.17. The van der Waals surface area contributed by atoms with Crippen LogP contribution in [0.1, 0.15) is 38.7 Å². The first kappa shape index (κ1) is 16.5. The van der Waals surface area contributed by atoms with Crippen LogP contribution in [0.3, 0.4) is 0 Å². The third kappa shape index (κ3) is 3.47. The van der Waals surface area contributed by atoms with Crippen molar-refractivity contribution >= 4 is 17.5 Å². The molecular formula is C17H24N2O3. The van der Waals surface area contributed by atoms with E-state index in [-0.39, 0.29) is 24.5 Å². The molecular weight excluding hydrogens is 280 g/mol. The lowest BCUT2D eigenvalue weighted by Crippen LogP contribution is -2.42. The van der Waals surface area contributed by atoms with Gasteiger partial charge in [0.1, 0.15) is 5.92 Å². The number of carbonyl (C=O) groups is 2. The van der Waals surface area contributed by atoms with Gasteiger partial charge in [0.05, 0.1) is 6.61 Å². The van der Waals surface area contributed by atoms with Crippen molar-refractivity contribution in [1.29, 1.82) is 0 Å². The van der Waals surface area contributed by atoms with Crippen LogP contribution in [0.15, 0.2) is 24.3 Å². The molecule has 22 heavy (non-hydrogen) atoms. The van der Waals surface area contributed by atoms with E-state index >= 15 is 0 Å². The molecule has 120 valence electrons. The second kappa shape index (κ2) is 6.92. The van der Waals surface area contributed by atoms with Gasteiger partial charge in [-0.2, -0.15) is 0 Å². The fourth-order valence-corrected chi connectivity index (χ4v) is 2.61. The minimum absolute atomic E-state index is 0.132. The molecule has 1 aromatic rings. The van der Waals surface area contributed by atoms with Crippen LogP contribution >= 0.6 is 0 Å². The van der Waals surface area contributed by atoms with Crippen molar-refractivity contribution < 1.29 is 14.7 Å². The molecule has 0 spiro atoms. The molecule has 5 heteroatoms. The highest BCUT2D eigenvalue weighted by molar-refractivity contribution is 6.09. The van der Waals surface area contributed by atoms with Crippen molar-refractivity contribution in [3.8, 4) is 0 Å². The standard InChI is InChI=1S/C17H24N2O3/c1-11(2)13-4-6-14(7-5-13)19-9-8-15(17(19)22)16(21)18-12(3)10-20/h4-7,11-12,15,20H,8-10H2,1-3H3,(H,18,21). The number of amides is 2. The van der Waals surface area contributed by atoms with Crippen LogP contribution in [-0.4, -0.2) is 36.1 Å². The number of nitrogens with zero attached hydrogens (tertiary/aromatic N) is 1. The molecule has 1 heterocycles. The highest BCUT2D eigenvalue weighted by Crippen LogP contribution is 2.27. The van der Waals surface area contributed by atoms with Gasteiger partial charge in [-0.3, -0.25) is 9.59 Å². The van der Waals surface area contributed by atoms with Gasteiger partial charge in [0, 0.05) is 18.3 Å². The van der Waals surface area contributed by atoms with Gasteiger partial charge in [-0.1, -0.05) is 26.0 Å². The summed E-state index contributed by atoms with van der Waals surface area (Å²) in [5, 5.41) is 11.6. The number of nitrogens with one attached hydrogen (secondary N) is 1. The first-order valence-electron chi connectivity index (χ1n) is 7.76. The van der Waals surface area contributed by atoms with Gasteiger partial charge in [-0.25, -0.2) is 0 Å². The van der Waals surface area contributed by atoms with E-state index in [0.717, 1.165) is 5.69 Å². The summed E-state index contributed by atoms with van der Waals surface area (Å²) in [6.45, 7) is 6.37. The van der Waals surface area contributed by atoms with Gasteiger partial charge < -0.3 is 15.3 Å². The molecule has 0 radical (unpaired) electrons. The fraction of sp³-hybridized carbons (Fsp3) is 0.529. The van der Waals surface area contributed by atoms with Crippen molar-refractivity contribution in [3.05, 3.63) is 29.8 Å². The van der Waals surface area contributed by atoms with Crippen molar-refractivity contribution in [2.45, 2.75) is 39.2 Å². The van der Waals surface area contributed by atoms with Crippen molar-refractivity contribution in [1.82, 2.24) is 5.32 Å². The molecule has 2 rings (SSSR count). The molecule has 0 saturated carbocycles. The van der Waals surface area contributed by atoms with E-state index in [1.54, 1.807) is 11.8 Å². The van der Waals surface area contributed by atoms with E-state index in [0.29, 0.717) is 18.9 Å². The van der Waals surface area contributed by atoms with Crippen LogP contribution in [0, 0.1) is 5.92 Å². The predicted molar refractivity (Wildman–Crippen MR) is 85.7 cm³/mol. The van der Waals surface area contributed by atoms with Gasteiger partial charge >= 0.3 is 0 Å². The average molecular weight is 304 g/mol. The fourth-order valence-electron chi connectivity index (χ4n) is 2.61. The van der Waals surface area contributed by atoms with E-state index in [1.165, 1.54) is 5.56 Å². The number of aliphatic hydroxyl groups excluding tert-OH is 1. The first-order valence-corrected chi connectivity index (χ1v) is 7.76. The van der Waals surface area contributed by atoms with Gasteiger partial charge in [-0.15, -0.1) is 0 Å². The molecule has 1 aliphatic heterocycles. The topological polar surface area (TPSA) is 69.6 Å². The summed E-state index contributed by atoms with van der Waals surface area (Å²) >= 11 is 0. The predicted octanol–water partition coefficient (Wildman–Crippen LogP) is 1.66. The zero-order valence-corrected chi connectivity index (χ0v) is 13.4. The molecule has 0 aliphatic carbocycles. The van der Waals surface area contributed by atoms with Gasteiger partial charge in [0.15, 0.2) is 0 Å². The monoisotopic (exact) mass is 304 g/mol. The minimum atomic E-state index is -0.654. The third-order valence-electron chi connectivity index (χ3n) is 4.06. The quantitative estimate of drug-likeness (QED) is 0.813. The molecule has 0 aromatic heterocycles. The van der Waals surface area contributed by atoms with Gasteiger partial charge in [-0.05, 0) is 37.0 Å². The molecule has 2 N–H and O–H groups in total. The highest BCUT2D eigenvalue weighted by atomic mass is 16.3. The summed E-state index contributed by atoms with van der Waals surface area (Å²) < 4.78 is 0. The molecule has 2 atom stereocenters. The Bertz CT molecular complexity index is 539. The maximum absolute atomic E-state index is 12.4. The Morgan fingerprint density at radius 3 is 2.50 bits per heavy atom. The molecule has 1 fully saturated rings. The molecule has 5 nitrogen and oxygen atoms in total. The lowest BCUT2D eigenvalue weighted by molar-refractivity contribution is -0.132. The van der Waals surface area contributed by atoms with Crippen LogP contribution in [-0.2, 0) is 9.59 Å². The molecule has 1 aromatic carbocycles. The van der Waals surface area contributed by atoms with Gasteiger partial charge in [0.2, 0.25) is 11.8 Å². The number of carbonyl (C=O) groups excluding carboxylic acids is 2. The van der Waals surface area contributed by atoms with Crippen LogP contribution < -0.4 is 10.2 Å². The van der Waals surface area contributed by atoms with E-state index in [1.807, 2.05) is 24.3 Å². The number of aliphatic hydroxyl groups is 1. The van der Waals surface area contributed by atoms with Crippen LogP contribution in [0.4, 0.5) is 5.69 Å². The second-order valence-electron chi connectivity index (χ2n) is 6.17. The largest absolute Gasteiger partial charge is 0.394 e. The summed E-state index contributed by atoms with van der Waals surface area (Å²) in [6, 6.07) is 7.58. The van der Waals surface area contributed by atoms with Crippen LogP contribution in [0.5, 0.6) is 0 Å². The Morgan fingerprint density at radius 2 is 1.95 bits per heavy atom. The summed E-state index contributed by atoms with van der Waals surface area (Å²) in [7, 11) is 0. The maximum atomic E-state index is 12.4. The summed E-state index contributed by atoms with van der Waals surface area (Å²) in [6.07, 6.45) is 0.509. The lowest BCUT2D eigenvalue weighted by atomic mass is 10.0. The summed E-state index contributed by atoms with van der Waals surface area (Å²) in [5.74, 6) is -0.673. The van der Waals surface area contributed by atoms with E-state index in [2.05, 4.69) is 19.2 Å². The van der Waals surface area contributed by atoms with Gasteiger partial charge in [0.25, 0.3) is 0 Å². The third-order valence-corrected chi connectivity index (χ3v) is 4.06. The SMILES string of the molecule is CC(CO)NC(=O)C1CCN(c2ccc(C(C)C)cc2)C1=O. The number of rotatable bonds is 5. The molecule has 1 saturated heterocycles. The Morgan fingerprint density at radius 1 is 1.32 bits per heavy atom. The van der Waals surface area contributed by atoms with Crippen molar-refractivity contribution in [2.24, 2.45) is 5.92 Å². The first-order chi connectivity index (χ1) is 10.4. The number of hydrogen-bond donors (Lipinski definition) is 2. The zero-order valence-electron chi connectivity index (χ0n) is 13.4. The zero-order chi connectivity index (χ0) is 16.3. The normalized spacial score (nSPS) is 19.6. The summed E-state index contributed by atoms with van der Waals surface area (Å²) in [4.78, 5) is 26.2. The Balaban J connectivity index is 2.06. The Kier molecular flexibility index (Phi) is 5.19. The maximum Gasteiger partial charge on any atom is 0.239 e. The van der Waals surface area contributed by atoms with E-state index in [4.69, 9.17) is 5.11 Å². The summed E-state index contributed by atoms with van der Waals surface area (Å²) in [5.41, 5.74) is 2.06. The van der Waals surface area contributed by atoms with Crippen molar-refractivity contribution in [3.63, 3.8) is 0 Å². The molecule has 2 amide bonds. The smallest absolute Gasteiger partial charge is 0.239 e. The molecule has 0 bridgehead atoms. The number of hydrogen-bond acceptors (Lipinski definition) is 3. The highest BCUT2D eigenvalue weighted by Gasteiger charge is 2.37. The van der Waals surface area contributed by atoms with Crippen molar-refractivity contribution in [2.75, 3.05) is 18.1 Å². The van der Waals surface area contributed by atoms with Crippen LogP contribution in [0.25, 0.3) is 0 Å². The molecule has 1 aliphatic rings. The Hall–Kier alpha value is -1.88. The number of benzene rings is 1. The minimum Gasteiger partial charge on any atom is -0.394 e. The number of anilines is 1. The van der Waals surface area contributed by atoms with E-state index < -0.39 is 5.92 Å². The lowest BCUT2D eigenvalue weighted by Gasteiger charge is -2.18. The van der Waals surface area contributed by atoms with E-state index in [9.17, 15) is 9.59 Å². The van der Waals surface area contributed by atoms with Crippen LogP contribution in [0.2, 0.25) is 0 Å². The average Bonchev–Trinajstić information content (AvgIpc) is 2.88. The Labute approximate surface area is 131 Å². The molecule has 2 unspecified atom stereocenters.